The number of phosphoric acid groups is 1. The molecule has 0 aromatic rings. The highest BCUT2D eigenvalue weighted by Crippen LogP contribution is 2.43. The van der Waals surface area contributed by atoms with Gasteiger partial charge in [0.25, 0.3) is 0 Å². The molecule has 0 saturated carbocycles. The molecule has 0 aliphatic heterocycles. The molecule has 10 heteroatoms. The number of rotatable bonds is 71. The maximum Gasteiger partial charge on any atom is 0.472 e. The third kappa shape index (κ3) is 66.9. The van der Waals surface area contributed by atoms with Crippen LogP contribution >= 0.6 is 7.82 Å². The number of hydrogen-bond acceptors (Lipinski definition) is 6. The van der Waals surface area contributed by atoms with Crippen molar-refractivity contribution in [3.8, 4) is 0 Å². The molecular weight excluding hydrogens is 1080 g/mol. The fraction of sp³-hybridized carbons (Fsp3) is 0.921. The van der Waals surface area contributed by atoms with E-state index in [-0.39, 0.29) is 25.1 Å². The van der Waals surface area contributed by atoms with E-state index in [1.807, 2.05) is 27.2 Å². The van der Waals surface area contributed by atoms with Crippen LogP contribution in [-0.4, -0.2) is 74.3 Å². The SMILES string of the molecule is CCCCCCCC/C=C/CCCCCCCCCCCCCCCCCCCC(=O)NC(COP(=O)(O)OCC[N+](C)(C)C)C(/C=C\CCCCCCCCCCCC)OC(=O)CCCCCCCCCCCCCCCCCCCCCCC. The number of likely N-dealkylation sites (N-methyl/N-ethyl adjacent to an activating group) is 1. The van der Waals surface area contributed by atoms with E-state index < -0.39 is 20.0 Å². The van der Waals surface area contributed by atoms with E-state index in [1.165, 1.54) is 308 Å². The van der Waals surface area contributed by atoms with Gasteiger partial charge in [-0.3, -0.25) is 18.6 Å². The van der Waals surface area contributed by atoms with Crippen molar-refractivity contribution >= 4 is 19.7 Å². The topological polar surface area (TPSA) is 111 Å². The quantitative estimate of drug-likeness (QED) is 0.0205. The van der Waals surface area contributed by atoms with E-state index >= 15 is 0 Å². The van der Waals surface area contributed by atoms with Gasteiger partial charge in [-0.05, 0) is 57.4 Å². The van der Waals surface area contributed by atoms with Crippen molar-refractivity contribution in [1.82, 2.24) is 5.32 Å². The Morgan fingerprint density at radius 1 is 0.395 bits per heavy atom. The summed E-state index contributed by atoms with van der Waals surface area (Å²) in [5.74, 6) is -0.478. The monoisotopic (exact) mass is 1230 g/mol. The van der Waals surface area contributed by atoms with Crippen LogP contribution in [-0.2, 0) is 27.9 Å². The summed E-state index contributed by atoms with van der Waals surface area (Å²) in [6.07, 6.45) is 82.1. The summed E-state index contributed by atoms with van der Waals surface area (Å²) in [7, 11) is 1.52. The predicted molar refractivity (Wildman–Crippen MR) is 374 cm³/mol. The van der Waals surface area contributed by atoms with Crippen molar-refractivity contribution in [1.29, 1.82) is 0 Å². The summed E-state index contributed by atoms with van der Waals surface area (Å²) in [4.78, 5) is 38.0. The van der Waals surface area contributed by atoms with Crippen molar-refractivity contribution in [3.05, 3.63) is 24.3 Å². The Labute approximate surface area is 536 Å². The Morgan fingerprint density at radius 2 is 0.674 bits per heavy atom. The standard InChI is InChI=1S/C76H149N2O7P/c1-7-10-13-16-19-22-25-28-30-32-34-36-37-38-39-40-41-43-44-46-48-50-53-56-59-62-65-68-75(79)77-73(72-84-86(81,82)83-71-70-78(4,5)6)74(67-64-61-58-55-52-27-24-21-18-15-12-9-3)85-76(80)69-66-63-60-57-54-51-49-47-45-42-35-33-31-29-26-23-20-17-14-11-8-2/h28,30,64,67,73-74H,7-27,29,31-63,65-66,68-72H2,1-6H3,(H-,77,79,81,82)/p+1/b30-28+,67-64-. The van der Waals surface area contributed by atoms with Gasteiger partial charge in [-0.15, -0.1) is 0 Å². The van der Waals surface area contributed by atoms with Crippen LogP contribution in [0.4, 0.5) is 0 Å². The molecule has 0 aromatic carbocycles. The molecule has 0 spiro atoms. The van der Waals surface area contributed by atoms with Gasteiger partial charge in [0, 0.05) is 12.8 Å². The van der Waals surface area contributed by atoms with E-state index in [4.69, 9.17) is 13.8 Å². The second kappa shape index (κ2) is 66.4. The number of ether oxygens (including phenoxy) is 1. The number of esters is 1. The van der Waals surface area contributed by atoms with Crippen LogP contribution < -0.4 is 5.32 Å². The fourth-order valence-corrected chi connectivity index (χ4v) is 12.5. The van der Waals surface area contributed by atoms with E-state index in [1.54, 1.807) is 0 Å². The summed E-state index contributed by atoms with van der Waals surface area (Å²) < 4.78 is 30.9. The molecule has 2 N–H and O–H groups in total. The molecule has 0 aromatic heterocycles. The molecule has 9 nitrogen and oxygen atoms in total. The fourth-order valence-electron chi connectivity index (χ4n) is 11.8. The number of carbonyl (C=O) groups excluding carboxylic acids is 2. The number of carbonyl (C=O) groups is 2. The molecule has 0 aliphatic rings. The molecule has 0 aliphatic carbocycles. The predicted octanol–water partition coefficient (Wildman–Crippen LogP) is 24.4. The molecule has 0 radical (unpaired) electrons. The summed E-state index contributed by atoms with van der Waals surface area (Å²) in [6.45, 7) is 7.09. The van der Waals surface area contributed by atoms with Gasteiger partial charge in [0.05, 0.1) is 33.8 Å². The minimum atomic E-state index is -4.45. The van der Waals surface area contributed by atoms with Gasteiger partial charge in [-0.25, -0.2) is 4.57 Å². The highest BCUT2D eigenvalue weighted by molar-refractivity contribution is 7.47. The number of unbranched alkanes of at least 4 members (excludes halogenated alkanes) is 53. The number of nitrogens with one attached hydrogen (secondary N) is 1. The minimum absolute atomic E-state index is 0.0450. The third-order valence-electron chi connectivity index (χ3n) is 17.6. The number of nitrogens with zero attached hydrogens (tertiary/aromatic N) is 1. The van der Waals surface area contributed by atoms with E-state index in [2.05, 4.69) is 44.3 Å². The van der Waals surface area contributed by atoms with Gasteiger partial charge in [-0.1, -0.05) is 354 Å². The summed E-state index contributed by atoms with van der Waals surface area (Å²) in [5.41, 5.74) is 0. The average Bonchev–Trinajstić information content (AvgIpc) is 3.67. The first kappa shape index (κ1) is 84.5. The second-order valence-corrected chi connectivity index (χ2v) is 29.0. The number of quaternary nitrogens is 1. The van der Waals surface area contributed by atoms with Crippen LogP contribution in [0.25, 0.3) is 0 Å². The van der Waals surface area contributed by atoms with Crippen molar-refractivity contribution in [2.24, 2.45) is 0 Å². The van der Waals surface area contributed by atoms with Gasteiger partial charge in [0.2, 0.25) is 5.91 Å². The Kier molecular flexibility index (Phi) is 65.2. The molecule has 0 heterocycles. The van der Waals surface area contributed by atoms with Crippen LogP contribution in [0.3, 0.4) is 0 Å². The Balaban J connectivity index is 4.92. The van der Waals surface area contributed by atoms with E-state index in [0.29, 0.717) is 23.9 Å². The summed E-state index contributed by atoms with van der Waals surface area (Å²) in [5, 5.41) is 3.09. The van der Waals surface area contributed by atoms with Gasteiger partial charge >= 0.3 is 13.8 Å². The molecule has 510 valence electrons. The van der Waals surface area contributed by atoms with Crippen LogP contribution in [0, 0.1) is 0 Å². The normalized spacial score (nSPS) is 13.5. The summed E-state index contributed by atoms with van der Waals surface area (Å²) in [6, 6.07) is -0.843. The minimum Gasteiger partial charge on any atom is -0.456 e. The number of phosphoric ester groups is 1. The largest absolute Gasteiger partial charge is 0.472 e. The van der Waals surface area contributed by atoms with Gasteiger partial charge in [-0.2, -0.15) is 0 Å². The lowest BCUT2D eigenvalue weighted by Crippen LogP contribution is -2.47. The van der Waals surface area contributed by atoms with Gasteiger partial charge < -0.3 is 19.4 Å². The van der Waals surface area contributed by atoms with Crippen LogP contribution in [0.5, 0.6) is 0 Å². The smallest absolute Gasteiger partial charge is 0.456 e. The molecule has 0 fully saturated rings. The average molecular weight is 1240 g/mol. The van der Waals surface area contributed by atoms with Gasteiger partial charge in [0.1, 0.15) is 19.3 Å². The molecule has 0 saturated heterocycles. The highest BCUT2D eigenvalue weighted by Gasteiger charge is 2.30. The lowest BCUT2D eigenvalue weighted by Gasteiger charge is -2.27. The molecule has 3 unspecified atom stereocenters. The summed E-state index contributed by atoms with van der Waals surface area (Å²) >= 11 is 0. The van der Waals surface area contributed by atoms with Crippen molar-refractivity contribution in [2.45, 2.75) is 412 Å². The molecule has 3 atom stereocenters. The van der Waals surface area contributed by atoms with E-state index in [0.717, 1.165) is 57.8 Å². The molecular formula is C76H150N2O7P+. The first-order chi connectivity index (χ1) is 41.9. The van der Waals surface area contributed by atoms with Gasteiger partial charge in [0.15, 0.2) is 0 Å². The third-order valence-corrected chi connectivity index (χ3v) is 18.6. The maximum atomic E-state index is 13.6. The number of allylic oxidation sites excluding steroid dienone is 3. The molecule has 0 rings (SSSR count). The zero-order valence-corrected chi connectivity index (χ0v) is 59.5. The maximum absolute atomic E-state index is 13.6. The molecule has 86 heavy (non-hydrogen) atoms. The van der Waals surface area contributed by atoms with Crippen LogP contribution in [0.1, 0.15) is 400 Å². The lowest BCUT2D eigenvalue weighted by molar-refractivity contribution is -0.870. The Hall–Kier alpha value is -1.51. The first-order valence-corrected chi connectivity index (χ1v) is 39.7. The Morgan fingerprint density at radius 3 is 0.988 bits per heavy atom. The zero-order valence-electron chi connectivity index (χ0n) is 58.6. The van der Waals surface area contributed by atoms with E-state index in [9.17, 15) is 19.0 Å². The highest BCUT2D eigenvalue weighted by atomic mass is 31.2. The molecule has 0 bridgehead atoms. The van der Waals surface area contributed by atoms with Crippen molar-refractivity contribution in [2.75, 3.05) is 40.9 Å². The van der Waals surface area contributed by atoms with Crippen LogP contribution in [0.2, 0.25) is 0 Å². The first-order valence-electron chi connectivity index (χ1n) is 38.2. The van der Waals surface area contributed by atoms with Crippen molar-refractivity contribution in [3.63, 3.8) is 0 Å². The number of amides is 1. The van der Waals surface area contributed by atoms with Crippen LogP contribution in [0.15, 0.2) is 24.3 Å². The molecule has 1 amide bonds. The second-order valence-electron chi connectivity index (χ2n) is 27.5. The number of hydrogen-bond donors (Lipinski definition) is 2. The lowest BCUT2D eigenvalue weighted by atomic mass is 10.0. The van der Waals surface area contributed by atoms with Crippen molar-refractivity contribution < 1.29 is 37.3 Å². The zero-order chi connectivity index (χ0) is 62.8. The Bertz CT molecular complexity index is 1520.